The van der Waals surface area contributed by atoms with E-state index in [1.54, 1.807) is 0 Å². The average Bonchev–Trinajstić information content (AvgIpc) is 2.14. The Hall–Kier alpha value is -1.30. The van der Waals surface area contributed by atoms with Crippen LogP contribution in [0.4, 0.5) is 4.79 Å². The molecule has 0 saturated heterocycles. The Morgan fingerprint density at radius 3 is 2.47 bits per heavy atom. The van der Waals surface area contributed by atoms with Gasteiger partial charge in [0.1, 0.15) is 6.04 Å². The average molecular weight is 259 g/mol. The van der Waals surface area contributed by atoms with Crippen LogP contribution in [0.15, 0.2) is 12.7 Å². The maximum atomic E-state index is 11.3. The number of alkyl carbamates (subject to hydrolysis) is 1. The van der Waals surface area contributed by atoms with Crippen LogP contribution in [0.5, 0.6) is 0 Å². The summed E-state index contributed by atoms with van der Waals surface area (Å²) in [7, 11) is -1.24. The minimum absolute atomic E-state index is 0.179. The zero-order valence-electron chi connectivity index (χ0n) is 10.7. The SMILES string of the molecule is C=CCC(NC(=O)OCC[Si](C)(C)C)C(=O)O. The zero-order chi connectivity index (χ0) is 13.5. The highest BCUT2D eigenvalue weighted by molar-refractivity contribution is 6.76. The molecule has 0 rings (SSSR count). The number of carbonyl (C=O) groups excluding carboxylic acids is 1. The van der Waals surface area contributed by atoms with Gasteiger partial charge >= 0.3 is 12.1 Å². The first-order valence-corrected chi connectivity index (χ1v) is 9.24. The van der Waals surface area contributed by atoms with E-state index >= 15 is 0 Å². The Balaban J connectivity index is 3.99. The summed E-state index contributed by atoms with van der Waals surface area (Å²) in [6, 6.07) is -0.105. The van der Waals surface area contributed by atoms with Crippen molar-refractivity contribution in [3.63, 3.8) is 0 Å². The number of hydrogen-bond acceptors (Lipinski definition) is 3. The molecule has 0 aliphatic rings. The number of ether oxygens (including phenoxy) is 1. The van der Waals surface area contributed by atoms with Gasteiger partial charge in [-0.3, -0.25) is 0 Å². The van der Waals surface area contributed by atoms with E-state index in [1.807, 2.05) is 0 Å². The molecule has 0 heterocycles. The second-order valence-corrected chi connectivity index (χ2v) is 10.6. The minimum Gasteiger partial charge on any atom is -0.480 e. The van der Waals surface area contributed by atoms with E-state index in [0.29, 0.717) is 6.61 Å². The van der Waals surface area contributed by atoms with Crippen molar-refractivity contribution < 1.29 is 19.4 Å². The second-order valence-electron chi connectivity index (χ2n) is 5.01. The van der Waals surface area contributed by atoms with Crippen LogP contribution in [0.2, 0.25) is 25.7 Å². The molecule has 0 saturated carbocycles. The molecule has 0 spiro atoms. The van der Waals surface area contributed by atoms with Crippen LogP contribution in [-0.2, 0) is 9.53 Å². The lowest BCUT2D eigenvalue weighted by molar-refractivity contribution is -0.139. The molecular weight excluding hydrogens is 238 g/mol. The molecule has 0 aliphatic heterocycles. The van der Waals surface area contributed by atoms with E-state index < -0.39 is 26.2 Å². The lowest BCUT2D eigenvalue weighted by Gasteiger charge is -2.16. The summed E-state index contributed by atoms with van der Waals surface area (Å²) in [5.41, 5.74) is 0. The van der Waals surface area contributed by atoms with Crippen molar-refractivity contribution in [3.8, 4) is 0 Å². The van der Waals surface area contributed by atoms with Gasteiger partial charge in [-0.25, -0.2) is 9.59 Å². The number of carboxylic acids is 1. The van der Waals surface area contributed by atoms with Crippen LogP contribution in [-0.4, -0.2) is 37.9 Å². The highest BCUT2D eigenvalue weighted by Crippen LogP contribution is 2.07. The highest BCUT2D eigenvalue weighted by Gasteiger charge is 2.19. The second kappa shape index (κ2) is 7.11. The molecule has 0 aromatic rings. The van der Waals surface area contributed by atoms with Crippen LogP contribution in [0.25, 0.3) is 0 Å². The van der Waals surface area contributed by atoms with Gasteiger partial charge in [0.05, 0.1) is 6.61 Å². The van der Waals surface area contributed by atoms with Crippen molar-refractivity contribution in [2.45, 2.75) is 38.1 Å². The largest absolute Gasteiger partial charge is 0.480 e. The Labute approximate surface area is 103 Å². The lowest BCUT2D eigenvalue weighted by Crippen LogP contribution is -2.41. The molecule has 1 amide bonds. The fourth-order valence-electron chi connectivity index (χ4n) is 1.02. The van der Waals surface area contributed by atoms with E-state index in [4.69, 9.17) is 9.84 Å². The van der Waals surface area contributed by atoms with Crippen LogP contribution >= 0.6 is 0 Å². The number of aliphatic carboxylic acids is 1. The van der Waals surface area contributed by atoms with Gasteiger partial charge in [0.2, 0.25) is 0 Å². The molecule has 17 heavy (non-hydrogen) atoms. The first-order valence-electron chi connectivity index (χ1n) is 5.53. The van der Waals surface area contributed by atoms with Crippen LogP contribution < -0.4 is 5.32 Å². The Morgan fingerprint density at radius 2 is 2.06 bits per heavy atom. The number of nitrogens with one attached hydrogen (secondary N) is 1. The predicted octanol–water partition coefficient (Wildman–Crippen LogP) is 2.08. The molecule has 0 aliphatic carbocycles. The molecular formula is C11H21NO4Si. The van der Waals surface area contributed by atoms with E-state index in [-0.39, 0.29) is 6.42 Å². The summed E-state index contributed by atoms with van der Waals surface area (Å²) < 4.78 is 4.93. The fourth-order valence-corrected chi connectivity index (χ4v) is 1.74. The molecule has 0 radical (unpaired) electrons. The van der Waals surface area contributed by atoms with Gasteiger partial charge in [-0.15, -0.1) is 6.58 Å². The highest BCUT2D eigenvalue weighted by atomic mass is 28.3. The first-order chi connectivity index (χ1) is 7.76. The van der Waals surface area contributed by atoms with E-state index in [2.05, 4.69) is 31.5 Å². The maximum Gasteiger partial charge on any atom is 0.407 e. The Bertz CT molecular complexity index is 286. The molecule has 0 aromatic carbocycles. The van der Waals surface area contributed by atoms with Crippen molar-refractivity contribution in [3.05, 3.63) is 12.7 Å². The van der Waals surface area contributed by atoms with Gasteiger partial charge in [-0.1, -0.05) is 25.7 Å². The van der Waals surface area contributed by atoms with Gasteiger partial charge in [-0.05, 0) is 12.5 Å². The van der Waals surface area contributed by atoms with Crippen molar-refractivity contribution in [2.24, 2.45) is 0 Å². The van der Waals surface area contributed by atoms with Gasteiger partial charge in [0.25, 0.3) is 0 Å². The van der Waals surface area contributed by atoms with Crippen molar-refractivity contribution in [1.29, 1.82) is 0 Å². The topological polar surface area (TPSA) is 75.6 Å². The van der Waals surface area contributed by atoms with Crippen molar-refractivity contribution in [2.75, 3.05) is 6.61 Å². The van der Waals surface area contributed by atoms with Gasteiger partial charge in [0, 0.05) is 8.07 Å². The number of carboxylic acid groups (broad SMARTS) is 1. The number of rotatable bonds is 7. The zero-order valence-corrected chi connectivity index (χ0v) is 11.7. The number of amides is 1. The molecule has 5 nitrogen and oxygen atoms in total. The number of carbonyl (C=O) groups is 2. The summed E-state index contributed by atoms with van der Waals surface area (Å²) in [5.74, 6) is -1.09. The molecule has 1 unspecified atom stereocenters. The third-order valence-corrected chi connectivity index (χ3v) is 3.78. The quantitative estimate of drug-likeness (QED) is 0.542. The third-order valence-electron chi connectivity index (χ3n) is 2.08. The van der Waals surface area contributed by atoms with Gasteiger partial charge < -0.3 is 15.2 Å². The Kier molecular flexibility index (Phi) is 6.56. The van der Waals surface area contributed by atoms with Crippen molar-refractivity contribution >= 4 is 20.1 Å². The predicted molar refractivity (Wildman–Crippen MR) is 68.9 cm³/mol. The van der Waals surface area contributed by atoms with E-state index in [0.717, 1.165) is 6.04 Å². The number of hydrogen-bond donors (Lipinski definition) is 2. The minimum atomic E-state index is -1.24. The molecule has 0 aromatic heterocycles. The monoisotopic (exact) mass is 259 g/mol. The summed E-state index contributed by atoms with van der Waals surface area (Å²) in [6.45, 7) is 10.3. The first kappa shape index (κ1) is 15.7. The Morgan fingerprint density at radius 1 is 1.47 bits per heavy atom. The molecule has 6 heteroatoms. The standard InChI is InChI=1S/C11H21NO4Si/c1-5-6-9(10(13)14)12-11(15)16-7-8-17(2,3)4/h5,9H,1,6-8H2,2-4H3,(H,12,15)(H,13,14). The molecule has 2 N–H and O–H groups in total. The molecule has 0 fully saturated rings. The fraction of sp³-hybridized carbons (Fsp3) is 0.636. The van der Waals surface area contributed by atoms with E-state index in [9.17, 15) is 9.59 Å². The molecule has 98 valence electrons. The summed E-state index contributed by atoms with van der Waals surface area (Å²) >= 11 is 0. The van der Waals surface area contributed by atoms with Crippen LogP contribution in [0, 0.1) is 0 Å². The van der Waals surface area contributed by atoms with Gasteiger partial charge in [-0.2, -0.15) is 0 Å². The van der Waals surface area contributed by atoms with Crippen LogP contribution in [0.3, 0.4) is 0 Å². The summed E-state index contributed by atoms with van der Waals surface area (Å²) in [4.78, 5) is 22.0. The summed E-state index contributed by atoms with van der Waals surface area (Å²) in [5, 5.41) is 11.1. The lowest BCUT2D eigenvalue weighted by atomic mass is 10.2. The van der Waals surface area contributed by atoms with Crippen LogP contribution in [0.1, 0.15) is 6.42 Å². The maximum absolute atomic E-state index is 11.3. The summed E-state index contributed by atoms with van der Waals surface area (Å²) in [6.07, 6.45) is 0.942. The third kappa shape index (κ3) is 8.50. The smallest absolute Gasteiger partial charge is 0.407 e. The van der Waals surface area contributed by atoms with Crippen molar-refractivity contribution in [1.82, 2.24) is 5.32 Å². The molecule has 1 atom stereocenters. The normalized spacial score (nSPS) is 12.6. The van der Waals surface area contributed by atoms with Gasteiger partial charge in [0.15, 0.2) is 0 Å². The van der Waals surface area contributed by atoms with E-state index in [1.165, 1.54) is 6.08 Å². The molecule has 0 bridgehead atoms.